The van der Waals surface area contributed by atoms with Crippen molar-refractivity contribution in [3.05, 3.63) is 82.8 Å². The molecule has 1 aliphatic rings. The topological polar surface area (TPSA) is 82.4 Å². The largest absolute Gasteiger partial charge is 0.490 e. The Morgan fingerprint density at radius 3 is 2.80 bits per heavy atom. The summed E-state index contributed by atoms with van der Waals surface area (Å²) in [7, 11) is 3.42. The van der Waals surface area contributed by atoms with E-state index in [1.165, 1.54) is 41.9 Å². The van der Waals surface area contributed by atoms with Crippen molar-refractivity contribution in [2.45, 2.75) is 13.0 Å². The number of benzene rings is 2. The number of rotatable bonds is 8. The SMILES string of the molecule is C=CC(=O)N1CCc2nc(-c3nc(-c4ccc5c(cnn5C)c4)c4ccsc4c3-c3c(F)cc(F)cc3OCCOC)sc2C1. The van der Waals surface area contributed by atoms with Crippen LogP contribution in [0, 0.1) is 11.6 Å². The number of thiophene rings is 1. The molecule has 8 nitrogen and oxygen atoms in total. The number of thiazole rings is 1. The van der Waals surface area contributed by atoms with Gasteiger partial charge in [0.1, 0.15) is 34.7 Å². The van der Waals surface area contributed by atoms with Gasteiger partial charge in [0.2, 0.25) is 5.91 Å². The molecule has 228 valence electrons. The first kappa shape index (κ1) is 29.2. The predicted molar refractivity (Wildman–Crippen MR) is 172 cm³/mol. The fraction of sp³-hybridized carbons (Fsp3) is 0.212. The van der Waals surface area contributed by atoms with Gasteiger partial charge in [-0.2, -0.15) is 5.10 Å². The normalized spacial score (nSPS) is 13.0. The van der Waals surface area contributed by atoms with Gasteiger partial charge in [0.05, 0.1) is 41.8 Å². The first-order valence-electron chi connectivity index (χ1n) is 14.2. The van der Waals surface area contributed by atoms with Gasteiger partial charge in [-0.05, 0) is 29.7 Å². The number of carbonyl (C=O) groups excluding carboxylic acids is 1. The van der Waals surface area contributed by atoms with Gasteiger partial charge >= 0.3 is 0 Å². The van der Waals surface area contributed by atoms with Crippen LogP contribution in [0.3, 0.4) is 0 Å². The summed E-state index contributed by atoms with van der Waals surface area (Å²) in [6, 6.07) is 10.0. The lowest BCUT2D eigenvalue weighted by atomic mass is 9.97. The summed E-state index contributed by atoms with van der Waals surface area (Å²) in [5, 5.41) is 8.67. The highest BCUT2D eigenvalue weighted by Gasteiger charge is 2.29. The summed E-state index contributed by atoms with van der Waals surface area (Å²) in [6.45, 7) is 4.88. The van der Waals surface area contributed by atoms with Gasteiger partial charge in [-0.3, -0.25) is 9.48 Å². The van der Waals surface area contributed by atoms with Gasteiger partial charge < -0.3 is 14.4 Å². The number of amides is 1. The summed E-state index contributed by atoms with van der Waals surface area (Å²) in [6.07, 6.45) is 3.69. The summed E-state index contributed by atoms with van der Waals surface area (Å²) >= 11 is 2.86. The van der Waals surface area contributed by atoms with Gasteiger partial charge in [-0.25, -0.2) is 18.7 Å². The third-order valence-electron chi connectivity index (χ3n) is 7.86. The predicted octanol–water partition coefficient (Wildman–Crippen LogP) is 7.01. The Morgan fingerprint density at radius 1 is 1.11 bits per heavy atom. The summed E-state index contributed by atoms with van der Waals surface area (Å²) < 4.78 is 44.2. The van der Waals surface area contributed by atoms with E-state index in [1.54, 1.807) is 4.90 Å². The average Bonchev–Trinajstić information content (AvgIpc) is 3.78. The highest BCUT2D eigenvalue weighted by molar-refractivity contribution is 7.18. The highest BCUT2D eigenvalue weighted by atomic mass is 32.1. The summed E-state index contributed by atoms with van der Waals surface area (Å²) in [4.78, 5) is 25.2. The van der Waals surface area contributed by atoms with Crippen molar-refractivity contribution in [2.24, 2.45) is 7.05 Å². The summed E-state index contributed by atoms with van der Waals surface area (Å²) in [5.41, 5.74) is 4.46. The maximum atomic E-state index is 16.0. The van der Waals surface area contributed by atoms with E-state index in [4.69, 9.17) is 19.4 Å². The van der Waals surface area contributed by atoms with Crippen LogP contribution in [-0.2, 0) is 29.5 Å². The second-order valence-corrected chi connectivity index (χ2v) is 12.6. The molecule has 5 heterocycles. The number of pyridine rings is 1. The lowest BCUT2D eigenvalue weighted by Gasteiger charge is -2.24. The maximum Gasteiger partial charge on any atom is 0.246 e. The molecule has 6 aromatic rings. The van der Waals surface area contributed by atoms with Gasteiger partial charge in [0.25, 0.3) is 0 Å². The monoisotopic (exact) mass is 643 g/mol. The fourth-order valence-electron chi connectivity index (χ4n) is 5.70. The Labute approximate surface area is 265 Å². The number of ether oxygens (including phenoxy) is 2. The fourth-order valence-corrected chi connectivity index (χ4v) is 7.77. The quantitative estimate of drug-likeness (QED) is 0.131. The lowest BCUT2D eigenvalue weighted by Crippen LogP contribution is -2.34. The number of methoxy groups -OCH3 is 1. The number of fused-ring (bicyclic) bond motifs is 3. The number of halogens is 2. The van der Waals surface area contributed by atoms with Gasteiger partial charge in [0, 0.05) is 70.7 Å². The molecule has 1 amide bonds. The van der Waals surface area contributed by atoms with E-state index in [1.807, 2.05) is 47.6 Å². The Hall–Kier alpha value is -4.52. The van der Waals surface area contributed by atoms with Crippen molar-refractivity contribution in [3.63, 3.8) is 0 Å². The van der Waals surface area contributed by atoms with Gasteiger partial charge in [0.15, 0.2) is 0 Å². The maximum absolute atomic E-state index is 16.0. The Kier molecular flexibility index (Phi) is 7.64. The Bertz CT molecular complexity index is 2120. The van der Waals surface area contributed by atoms with E-state index in [-0.39, 0.29) is 30.4 Å². The van der Waals surface area contributed by atoms with Crippen LogP contribution >= 0.6 is 22.7 Å². The van der Waals surface area contributed by atoms with Crippen LogP contribution in [0.15, 0.2) is 60.6 Å². The second kappa shape index (κ2) is 11.8. The van der Waals surface area contributed by atoms with E-state index < -0.39 is 11.6 Å². The molecular weight excluding hydrogens is 617 g/mol. The molecule has 0 saturated heterocycles. The first-order valence-corrected chi connectivity index (χ1v) is 15.9. The molecule has 0 aliphatic carbocycles. The van der Waals surface area contributed by atoms with Crippen molar-refractivity contribution in [1.82, 2.24) is 24.6 Å². The Morgan fingerprint density at radius 2 is 1.98 bits per heavy atom. The zero-order chi connectivity index (χ0) is 31.2. The molecule has 0 fully saturated rings. The van der Waals surface area contributed by atoms with E-state index in [0.717, 1.165) is 43.2 Å². The molecule has 4 aromatic heterocycles. The van der Waals surface area contributed by atoms with Crippen molar-refractivity contribution < 1.29 is 23.0 Å². The second-order valence-electron chi connectivity index (χ2n) is 10.6. The van der Waals surface area contributed by atoms with Crippen molar-refractivity contribution in [1.29, 1.82) is 0 Å². The molecule has 0 N–H and O–H groups in total. The number of carbonyl (C=O) groups is 1. The van der Waals surface area contributed by atoms with E-state index >= 15 is 4.39 Å². The van der Waals surface area contributed by atoms with Crippen molar-refractivity contribution in [2.75, 3.05) is 26.9 Å². The molecule has 1 aliphatic heterocycles. The third kappa shape index (κ3) is 5.18. The zero-order valence-electron chi connectivity index (χ0n) is 24.5. The Balaban J connectivity index is 1.49. The molecule has 45 heavy (non-hydrogen) atoms. The van der Waals surface area contributed by atoms with Crippen LogP contribution < -0.4 is 4.74 Å². The van der Waals surface area contributed by atoms with Crippen LogP contribution in [-0.4, -0.2) is 57.4 Å². The zero-order valence-corrected chi connectivity index (χ0v) is 26.1. The molecule has 0 radical (unpaired) electrons. The standard InChI is InChI=1S/C33H27F2N5O3S2/c1-4-27(41)40-9-7-23-26(17-40)45-33(37-23)31-29(28-22(35)14-20(34)15-25(28)43-11-10-42-3)32-21(8-12-44-32)30(38-31)18-5-6-24-19(13-18)16-36-39(24)2/h4-6,8,12-16H,1,7,9-11,17H2,2-3H3. The number of aryl methyl sites for hydroxylation is 1. The molecule has 7 rings (SSSR count). The number of hydrogen-bond donors (Lipinski definition) is 0. The first-order chi connectivity index (χ1) is 21.9. The van der Waals surface area contributed by atoms with Crippen molar-refractivity contribution in [3.8, 4) is 38.8 Å². The molecular formula is C33H27F2N5O3S2. The van der Waals surface area contributed by atoms with Gasteiger partial charge in [-0.1, -0.05) is 12.6 Å². The van der Waals surface area contributed by atoms with Crippen LogP contribution in [0.5, 0.6) is 5.75 Å². The molecule has 12 heteroatoms. The number of hydrogen-bond acceptors (Lipinski definition) is 8. The van der Waals surface area contributed by atoms with Crippen LogP contribution in [0.2, 0.25) is 0 Å². The third-order valence-corrected chi connectivity index (χ3v) is 9.88. The van der Waals surface area contributed by atoms with Crippen LogP contribution in [0.25, 0.3) is 54.1 Å². The smallest absolute Gasteiger partial charge is 0.246 e. The number of aromatic nitrogens is 4. The molecule has 0 unspecified atom stereocenters. The average molecular weight is 644 g/mol. The van der Waals surface area contributed by atoms with E-state index in [2.05, 4.69) is 11.7 Å². The molecule has 0 spiro atoms. The minimum Gasteiger partial charge on any atom is -0.490 e. The molecule has 2 aromatic carbocycles. The van der Waals surface area contributed by atoms with Gasteiger partial charge in [-0.15, -0.1) is 22.7 Å². The molecule has 0 saturated carbocycles. The molecule has 0 bridgehead atoms. The van der Waals surface area contributed by atoms with Crippen LogP contribution in [0.4, 0.5) is 8.78 Å². The van der Waals surface area contributed by atoms with Crippen LogP contribution in [0.1, 0.15) is 10.6 Å². The summed E-state index contributed by atoms with van der Waals surface area (Å²) in [5.74, 6) is -1.61. The minimum absolute atomic E-state index is 0.0518. The number of nitrogens with zero attached hydrogens (tertiary/aromatic N) is 5. The van der Waals surface area contributed by atoms with E-state index in [9.17, 15) is 9.18 Å². The highest BCUT2D eigenvalue weighted by Crippen LogP contribution is 2.48. The molecule has 0 atom stereocenters. The van der Waals surface area contributed by atoms with E-state index in [0.29, 0.717) is 41.5 Å². The van der Waals surface area contributed by atoms with Crippen molar-refractivity contribution >= 4 is 49.6 Å². The lowest BCUT2D eigenvalue weighted by molar-refractivity contribution is -0.126. The minimum atomic E-state index is -0.770.